The van der Waals surface area contributed by atoms with Gasteiger partial charge in [0.1, 0.15) is 5.82 Å². The highest BCUT2D eigenvalue weighted by Gasteiger charge is 2.14. The fourth-order valence-corrected chi connectivity index (χ4v) is 3.52. The minimum atomic E-state index is -3.21. The van der Waals surface area contributed by atoms with Crippen molar-refractivity contribution in [1.29, 1.82) is 0 Å². The summed E-state index contributed by atoms with van der Waals surface area (Å²) in [5.41, 5.74) is 0.289. The van der Waals surface area contributed by atoms with Crippen molar-refractivity contribution < 1.29 is 22.4 Å². The summed E-state index contributed by atoms with van der Waals surface area (Å²) in [4.78, 5) is 23.2. The van der Waals surface area contributed by atoms with Gasteiger partial charge in [0.25, 0.3) is 0 Å². The van der Waals surface area contributed by atoms with E-state index in [9.17, 15) is 22.4 Å². The number of amides is 1. The lowest BCUT2D eigenvalue weighted by atomic mass is 10.1. The van der Waals surface area contributed by atoms with E-state index in [2.05, 4.69) is 5.32 Å². The first kappa shape index (κ1) is 21.6. The fraction of sp³-hybridized carbons (Fsp3) is 0.500. The van der Waals surface area contributed by atoms with Gasteiger partial charge >= 0.3 is 0 Å². The molecule has 0 aliphatic heterocycles. The number of carbonyl (C=O) groups excluding carboxylic acids is 2. The third kappa shape index (κ3) is 7.13. The largest absolute Gasteiger partial charge is 0.355 e. The van der Waals surface area contributed by atoms with E-state index in [0.717, 1.165) is 17.8 Å². The van der Waals surface area contributed by atoms with Crippen LogP contribution in [0.5, 0.6) is 0 Å². The molecule has 1 aromatic carbocycles. The molecular formula is C16H23FN2O4S2. The molecule has 0 aromatic heterocycles. The van der Waals surface area contributed by atoms with Crippen LogP contribution in [0, 0.1) is 5.82 Å². The van der Waals surface area contributed by atoms with Crippen molar-refractivity contribution >= 4 is 33.5 Å². The number of rotatable bonds is 10. The van der Waals surface area contributed by atoms with E-state index in [4.69, 9.17) is 0 Å². The summed E-state index contributed by atoms with van der Waals surface area (Å²) in [6.45, 7) is 3.60. The van der Waals surface area contributed by atoms with E-state index in [-0.39, 0.29) is 28.8 Å². The number of halogens is 1. The molecule has 6 nitrogen and oxygen atoms in total. The second-order valence-corrected chi connectivity index (χ2v) is 8.80. The van der Waals surface area contributed by atoms with Crippen LogP contribution in [-0.2, 0) is 14.8 Å². The van der Waals surface area contributed by atoms with Crippen molar-refractivity contribution in [3.8, 4) is 0 Å². The van der Waals surface area contributed by atoms with Gasteiger partial charge in [0.05, 0.1) is 11.5 Å². The van der Waals surface area contributed by atoms with Crippen LogP contribution in [0.4, 0.5) is 4.39 Å². The Balaban J connectivity index is 2.35. The molecule has 1 N–H and O–H groups in total. The molecule has 0 spiro atoms. The number of carbonyl (C=O) groups is 2. The van der Waals surface area contributed by atoms with Crippen molar-refractivity contribution in [3.63, 3.8) is 0 Å². The number of ketones is 1. The number of hydrogen-bond acceptors (Lipinski definition) is 5. The molecule has 0 saturated carbocycles. The molecule has 0 unspecified atom stereocenters. The number of nitrogens with zero attached hydrogens (tertiary/aromatic N) is 1. The standard InChI is InChI=1S/C16H23FN2O4S2/c1-4-25(22,23)19(3)9-5-8-18-16(21)11-24-15-7-6-13(12(2)20)10-14(15)17/h6-7,10H,4-5,8-9,11H2,1-3H3,(H,18,21). The van der Waals surface area contributed by atoms with Gasteiger partial charge in [0, 0.05) is 30.6 Å². The first-order chi connectivity index (χ1) is 11.7. The fourth-order valence-electron chi connectivity index (χ4n) is 1.92. The van der Waals surface area contributed by atoms with Crippen LogP contribution in [-0.4, -0.2) is 56.1 Å². The average molecular weight is 391 g/mol. The first-order valence-corrected chi connectivity index (χ1v) is 10.4. The highest BCUT2D eigenvalue weighted by molar-refractivity contribution is 8.00. The summed E-state index contributed by atoms with van der Waals surface area (Å²) in [6, 6.07) is 4.16. The Hall–Kier alpha value is -1.45. The molecule has 0 aliphatic rings. The Labute approximate surface area is 152 Å². The molecule has 0 fully saturated rings. The van der Waals surface area contributed by atoms with Crippen LogP contribution in [0.25, 0.3) is 0 Å². The third-order valence-corrected chi connectivity index (χ3v) is 6.42. The number of hydrogen-bond donors (Lipinski definition) is 1. The van der Waals surface area contributed by atoms with E-state index < -0.39 is 15.8 Å². The zero-order chi connectivity index (χ0) is 19.0. The Morgan fingerprint density at radius 2 is 2.00 bits per heavy atom. The van der Waals surface area contributed by atoms with Crippen molar-refractivity contribution in [2.75, 3.05) is 31.6 Å². The molecule has 0 saturated heterocycles. The Morgan fingerprint density at radius 3 is 2.56 bits per heavy atom. The topological polar surface area (TPSA) is 83.6 Å². The summed E-state index contributed by atoms with van der Waals surface area (Å²) in [5, 5.41) is 2.67. The summed E-state index contributed by atoms with van der Waals surface area (Å²) < 4.78 is 38.2. The molecule has 140 valence electrons. The van der Waals surface area contributed by atoms with Gasteiger partial charge < -0.3 is 5.32 Å². The molecule has 0 aliphatic carbocycles. The van der Waals surface area contributed by atoms with E-state index in [1.807, 2.05) is 0 Å². The molecule has 0 radical (unpaired) electrons. The molecule has 9 heteroatoms. The molecule has 0 atom stereocenters. The zero-order valence-corrected chi connectivity index (χ0v) is 16.2. The second kappa shape index (κ2) is 9.88. The van der Waals surface area contributed by atoms with Crippen LogP contribution in [0.15, 0.2) is 23.1 Å². The van der Waals surface area contributed by atoms with Gasteiger partial charge in [0.15, 0.2) is 5.78 Å². The number of thioether (sulfide) groups is 1. The molecule has 25 heavy (non-hydrogen) atoms. The van der Waals surface area contributed by atoms with Gasteiger partial charge in [0.2, 0.25) is 15.9 Å². The van der Waals surface area contributed by atoms with E-state index in [0.29, 0.717) is 24.4 Å². The Morgan fingerprint density at radius 1 is 1.32 bits per heavy atom. The minimum absolute atomic E-state index is 0.0411. The van der Waals surface area contributed by atoms with Crippen molar-refractivity contribution in [3.05, 3.63) is 29.6 Å². The van der Waals surface area contributed by atoms with Crippen LogP contribution in [0.2, 0.25) is 0 Å². The molecule has 1 amide bonds. The van der Waals surface area contributed by atoms with Gasteiger partial charge in [-0.05, 0) is 32.4 Å². The maximum absolute atomic E-state index is 13.8. The van der Waals surface area contributed by atoms with E-state index >= 15 is 0 Å². The van der Waals surface area contributed by atoms with Crippen LogP contribution in [0.1, 0.15) is 30.6 Å². The lowest BCUT2D eigenvalue weighted by Crippen LogP contribution is -2.32. The average Bonchev–Trinajstić information content (AvgIpc) is 2.57. The van der Waals surface area contributed by atoms with E-state index in [1.165, 1.54) is 30.4 Å². The predicted molar refractivity (Wildman–Crippen MR) is 96.8 cm³/mol. The number of nitrogens with one attached hydrogen (secondary N) is 1. The first-order valence-electron chi connectivity index (χ1n) is 7.81. The van der Waals surface area contributed by atoms with Crippen molar-refractivity contribution in [1.82, 2.24) is 9.62 Å². The SMILES string of the molecule is CCS(=O)(=O)N(C)CCCNC(=O)CSc1ccc(C(C)=O)cc1F. The predicted octanol–water partition coefficient (Wildman–Crippen LogP) is 1.91. The maximum atomic E-state index is 13.8. The lowest BCUT2D eigenvalue weighted by Gasteiger charge is -2.15. The van der Waals surface area contributed by atoms with Crippen molar-refractivity contribution in [2.45, 2.75) is 25.2 Å². The molecule has 0 bridgehead atoms. The van der Waals surface area contributed by atoms with Gasteiger partial charge in [-0.2, -0.15) is 0 Å². The monoisotopic (exact) mass is 390 g/mol. The normalized spacial score (nSPS) is 11.6. The highest BCUT2D eigenvalue weighted by atomic mass is 32.2. The van der Waals surface area contributed by atoms with E-state index in [1.54, 1.807) is 6.92 Å². The van der Waals surface area contributed by atoms with Gasteiger partial charge in [-0.3, -0.25) is 9.59 Å². The Bertz CT molecular complexity index is 723. The number of sulfonamides is 1. The van der Waals surface area contributed by atoms with Gasteiger partial charge in [-0.1, -0.05) is 6.07 Å². The maximum Gasteiger partial charge on any atom is 0.230 e. The molecule has 1 aromatic rings. The van der Waals surface area contributed by atoms with Gasteiger partial charge in [-0.25, -0.2) is 17.1 Å². The molecular weight excluding hydrogens is 367 g/mol. The molecule has 1 rings (SSSR count). The number of benzene rings is 1. The van der Waals surface area contributed by atoms with Crippen LogP contribution < -0.4 is 5.32 Å². The zero-order valence-electron chi connectivity index (χ0n) is 14.5. The smallest absolute Gasteiger partial charge is 0.230 e. The Kier molecular flexibility index (Phi) is 8.54. The van der Waals surface area contributed by atoms with Crippen molar-refractivity contribution in [2.24, 2.45) is 0 Å². The summed E-state index contributed by atoms with van der Waals surface area (Å²) >= 11 is 1.04. The minimum Gasteiger partial charge on any atom is -0.355 e. The second-order valence-electron chi connectivity index (χ2n) is 5.42. The summed E-state index contributed by atoms with van der Waals surface area (Å²) in [5.74, 6) is -0.930. The molecule has 0 heterocycles. The van der Waals surface area contributed by atoms with Crippen LogP contribution >= 0.6 is 11.8 Å². The number of Topliss-reactive ketones (excluding diaryl/α,β-unsaturated/α-hetero) is 1. The highest BCUT2D eigenvalue weighted by Crippen LogP contribution is 2.22. The van der Waals surface area contributed by atoms with Gasteiger partial charge in [-0.15, -0.1) is 11.8 Å². The third-order valence-electron chi connectivity index (χ3n) is 3.51. The van der Waals surface area contributed by atoms with Crippen LogP contribution in [0.3, 0.4) is 0 Å². The summed E-state index contributed by atoms with van der Waals surface area (Å²) in [7, 11) is -1.70. The lowest BCUT2D eigenvalue weighted by molar-refractivity contribution is -0.118. The quantitative estimate of drug-likeness (QED) is 0.375. The summed E-state index contributed by atoms with van der Waals surface area (Å²) in [6.07, 6.45) is 0.494.